The molecule has 3 heterocycles. The molecule has 0 saturated carbocycles. The Hall–Kier alpha value is -2.69. The highest BCUT2D eigenvalue weighted by Gasteiger charge is 2.42. The summed E-state index contributed by atoms with van der Waals surface area (Å²) in [4.78, 5) is 34.1. The van der Waals surface area contributed by atoms with E-state index >= 15 is 0 Å². The van der Waals surface area contributed by atoms with Gasteiger partial charge < -0.3 is 9.80 Å². The first-order valence-electron chi connectivity index (χ1n) is 10.2. The van der Waals surface area contributed by atoms with Crippen LogP contribution in [-0.2, 0) is 16.0 Å². The quantitative estimate of drug-likeness (QED) is 0.805. The minimum Gasteiger partial charge on any atom is -0.342 e. The maximum atomic E-state index is 13.1. The van der Waals surface area contributed by atoms with Crippen LogP contribution in [0.4, 0.5) is 0 Å². The summed E-state index contributed by atoms with van der Waals surface area (Å²) in [7, 11) is 0. The molecule has 0 radical (unpaired) electrons. The van der Waals surface area contributed by atoms with Crippen molar-refractivity contribution in [2.45, 2.75) is 31.6 Å². The van der Waals surface area contributed by atoms with E-state index in [-0.39, 0.29) is 23.7 Å². The van der Waals surface area contributed by atoms with Gasteiger partial charge in [0.15, 0.2) is 0 Å². The number of hydrogen-bond donors (Lipinski definition) is 0. The predicted molar refractivity (Wildman–Crippen MR) is 108 cm³/mol. The van der Waals surface area contributed by atoms with E-state index in [0.29, 0.717) is 19.5 Å². The molecule has 1 aromatic carbocycles. The second-order valence-corrected chi connectivity index (χ2v) is 7.82. The first-order chi connectivity index (χ1) is 13.7. The molecule has 0 spiro atoms. The van der Waals surface area contributed by atoms with Gasteiger partial charge >= 0.3 is 0 Å². The minimum atomic E-state index is -0.164. The van der Waals surface area contributed by atoms with Gasteiger partial charge in [-0.2, -0.15) is 0 Å². The molecular weight excluding hydrogens is 350 g/mol. The van der Waals surface area contributed by atoms with E-state index in [1.807, 2.05) is 46.3 Å². The second kappa shape index (κ2) is 8.55. The Morgan fingerprint density at radius 2 is 1.75 bits per heavy atom. The Morgan fingerprint density at radius 3 is 2.46 bits per heavy atom. The SMILES string of the molecule is O=C(CCc1ccccc1)N1CC(C(=O)N2CCCC2)C(c2cccnc2)C1. The molecule has 28 heavy (non-hydrogen) atoms. The van der Waals surface area contributed by atoms with Crippen molar-refractivity contribution in [1.82, 2.24) is 14.8 Å². The molecule has 2 unspecified atom stereocenters. The van der Waals surface area contributed by atoms with Crippen molar-refractivity contribution in [3.8, 4) is 0 Å². The molecule has 2 saturated heterocycles. The number of amides is 2. The summed E-state index contributed by atoms with van der Waals surface area (Å²) in [6.07, 6.45) is 6.96. The fourth-order valence-electron chi connectivity index (χ4n) is 4.42. The van der Waals surface area contributed by atoms with E-state index < -0.39 is 0 Å². The molecule has 2 fully saturated rings. The van der Waals surface area contributed by atoms with Gasteiger partial charge in [-0.3, -0.25) is 14.6 Å². The standard InChI is InChI=1S/C23H27N3O2/c27-22(11-10-18-7-2-1-3-8-18)26-16-20(19-9-6-12-24-15-19)21(17-26)23(28)25-13-4-5-14-25/h1-3,6-9,12,15,20-21H,4-5,10-11,13-14,16-17H2. The minimum absolute atomic E-state index is 0.0301. The van der Waals surface area contributed by atoms with Crippen LogP contribution >= 0.6 is 0 Å². The molecule has 0 N–H and O–H groups in total. The van der Waals surface area contributed by atoms with Crippen LogP contribution in [0.3, 0.4) is 0 Å². The van der Waals surface area contributed by atoms with Gasteiger partial charge in [0.25, 0.3) is 0 Å². The average Bonchev–Trinajstić information content (AvgIpc) is 3.43. The number of carbonyl (C=O) groups is 2. The topological polar surface area (TPSA) is 53.5 Å². The predicted octanol–water partition coefficient (Wildman–Crippen LogP) is 2.88. The van der Waals surface area contributed by atoms with E-state index in [2.05, 4.69) is 17.1 Å². The van der Waals surface area contributed by atoms with E-state index in [4.69, 9.17) is 0 Å². The first kappa shape index (κ1) is 18.7. The lowest BCUT2D eigenvalue weighted by Gasteiger charge is -2.23. The van der Waals surface area contributed by atoms with Gasteiger partial charge in [0, 0.05) is 50.9 Å². The Bertz CT molecular complexity index is 803. The number of benzene rings is 1. The van der Waals surface area contributed by atoms with Crippen molar-refractivity contribution < 1.29 is 9.59 Å². The van der Waals surface area contributed by atoms with Crippen LogP contribution in [0.15, 0.2) is 54.9 Å². The molecule has 1 aromatic heterocycles. The Kier molecular flexibility index (Phi) is 5.70. The highest BCUT2D eigenvalue weighted by molar-refractivity contribution is 5.83. The van der Waals surface area contributed by atoms with Crippen LogP contribution in [0.2, 0.25) is 0 Å². The van der Waals surface area contributed by atoms with E-state index in [0.717, 1.165) is 37.9 Å². The van der Waals surface area contributed by atoms with Gasteiger partial charge in [0.1, 0.15) is 0 Å². The van der Waals surface area contributed by atoms with E-state index in [9.17, 15) is 9.59 Å². The van der Waals surface area contributed by atoms with Crippen molar-refractivity contribution in [1.29, 1.82) is 0 Å². The van der Waals surface area contributed by atoms with E-state index in [1.54, 1.807) is 6.20 Å². The normalized spacial score (nSPS) is 21.9. The largest absolute Gasteiger partial charge is 0.342 e. The van der Waals surface area contributed by atoms with Gasteiger partial charge in [-0.05, 0) is 36.5 Å². The molecule has 5 nitrogen and oxygen atoms in total. The monoisotopic (exact) mass is 377 g/mol. The Labute approximate surface area is 166 Å². The molecule has 146 valence electrons. The van der Waals surface area contributed by atoms with Crippen LogP contribution in [0.5, 0.6) is 0 Å². The van der Waals surface area contributed by atoms with Crippen molar-refractivity contribution in [3.05, 3.63) is 66.0 Å². The van der Waals surface area contributed by atoms with Crippen molar-refractivity contribution in [3.63, 3.8) is 0 Å². The number of aromatic nitrogens is 1. The number of nitrogens with zero attached hydrogens (tertiary/aromatic N) is 3. The average molecular weight is 377 g/mol. The number of carbonyl (C=O) groups excluding carboxylic acids is 2. The zero-order valence-electron chi connectivity index (χ0n) is 16.2. The zero-order valence-corrected chi connectivity index (χ0v) is 16.2. The molecule has 5 heteroatoms. The van der Waals surface area contributed by atoms with Crippen LogP contribution in [0.25, 0.3) is 0 Å². The van der Waals surface area contributed by atoms with Gasteiger partial charge in [-0.25, -0.2) is 0 Å². The molecule has 4 rings (SSSR count). The van der Waals surface area contributed by atoms with Crippen molar-refractivity contribution in [2.75, 3.05) is 26.2 Å². The third kappa shape index (κ3) is 4.08. The van der Waals surface area contributed by atoms with Gasteiger partial charge in [-0.1, -0.05) is 36.4 Å². The molecule has 0 aliphatic carbocycles. The van der Waals surface area contributed by atoms with Crippen molar-refractivity contribution >= 4 is 11.8 Å². The lowest BCUT2D eigenvalue weighted by molar-refractivity contribution is -0.135. The number of likely N-dealkylation sites (tertiary alicyclic amines) is 2. The molecule has 2 amide bonds. The number of pyridine rings is 1. The number of aryl methyl sites for hydroxylation is 1. The summed E-state index contributed by atoms with van der Waals surface area (Å²) in [6.45, 7) is 2.81. The molecule has 0 bridgehead atoms. The fourth-order valence-corrected chi connectivity index (χ4v) is 4.42. The molecule has 2 aromatic rings. The second-order valence-electron chi connectivity index (χ2n) is 7.82. The highest BCUT2D eigenvalue weighted by Crippen LogP contribution is 2.34. The summed E-state index contributed by atoms with van der Waals surface area (Å²) in [5.41, 5.74) is 2.22. The van der Waals surface area contributed by atoms with E-state index in [1.165, 1.54) is 5.56 Å². The van der Waals surface area contributed by atoms with Crippen LogP contribution in [0, 0.1) is 5.92 Å². The number of hydrogen-bond acceptors (Lipinski definition) is 3. The first-order valence-corrected chi connectivity index (χ1v) is 10.2. The fraction of sp³-hybridized carbons (Fsp3) is 0.435. The summed E-state index contributed by atoms with van der Waals surface area (Å²) in [5, 5.41) is 0. The van der Waals surface area contributed by atoms with Gasteiger partial charge in [0.2, 0.25) is 11.8 Å². The van der Waals surface area contributed by atoms with Crippen LogP contribution in [0.1, 0.15) is 36.3 Å². The maximum absolute atomic E-state index is 13.1. The van der Waals surface area contributed by atoms with Crippen LogP contribution < -0.4 is 0 Å². The molecule has 2 atom stereocenters. The molecule has 2 aliphatic heterocycles. The Morgan fingerprint density at radius 1 is 0.964 bits per heavy atom. The highest BCUT2D eigenvalue weighted by atomic mass is 16.2. The maximum Gasteiger partial charge on any atom is 0.228 e. The molecule has 2 aliphatic rings. The third-order valence-electron chi connectivity index (χ3n) is 5.99. The van der Waals surface area contributed by atoms with Crippen LogP contribution in [-0.4, -0.2) is 52.8 Å². The summed E-state index contributed by atoms with van der Waals surface area (Å²) in [6, 6.07) is 14.0. The smallest absolute Gasteiger partial charge is 0.228 e. The lowest BCUT2D eigenvalue weighted by Crippen LogP contribution is -2.37. The Balaban J connectivity index is 1.47. The van der Waals surface area contributed by atoms with Gasteiger partial charge in [-0.15, -0.1) is 0 Å². The van der Waals surface area contributed by atoms with Gasteiger partial charge in [0.05, 0.1) is 5.92 Å². The number of rotatable bonds is 5. The lowest BCUT2D eigenvalue weighted by atomic mass is 9.89. The summed E-state index contributed by atoms with van der Waals surface area (Å²) < 4.78 is 0. The van der Waals surface area contributed by atoms with Crippen molar-refractivity contribution in [2.24, 2.45) is 5.92 Å². The summed E-state index contributed by atoms with van der Waals surface area (Å²) in [5.74, 6) is 0.199. The molecular formula is C23H27N3O2. The third-order valence-corrected chi connectivity index (χ3v) is 5.99. The summed E-state index contributed by atoms with van der Waals surface area (Å²) >= 11 is 0. The zero-order chi connectivity index (χ0) is 19.3.